The maximum absolute atomic E-state index is 12.1. The Hall–Kier alpha value is -2.93. The topological polar surface area (TPSA) is 90.5 Å². The lowest BCUT2D eigenvalue weighted by molar-refractivity contribution is -0.255. The zero-order chi connectivity index (χ0) is 16.8. The molecule has 2 rings (SSSR count). The van der Waals surface area contributed by atoms with Gasteiger partial charge in [-0.05, 0) is 48.1 Å². The third-order valence-electron chi connectivity index (χ3n) is 2.92. The van der Waals surface area contributed by atoms with E-state index in [1.54, 1.807) is 36.4 Å². The van der Waals surface area contributed by atoms with Crippen LogP contribution in [0.3, 0.4) is 0 Å². The van der Waals surface area contributed by atoms with Gasteiger partial charge in [0.05, 0.1) is 13.1 Å². The molecule has 7 heteroatoms. The SMILES string of the molecule is COc1cccc(C(=O)NC(=S)Nc2cccc(C(=O)[O-])c2)c1. The summed E-state index contributed by atoms with van der Waals surface area (Å²) in [5.74, 6) is -1.14. The molecule has 0 unspecified atom stereocenters. The van der Waals surface area contributed by atoms with Gasteiger partial charge in [0.1, 0.15) is 5.75 Å². The van der Waals surface area contributed by atoms with Crippen LogP contribution in [-0.2, 0) is 0 Å². The molecule has 2 aromatic rings. The van der Waals surface area contributed by atoms with Crippen molar-refractivity contribution in [2.24, 2.45) is 0 Å². The highest BCUT2D eigenvalue weighted by molar-refractivity contribution is 7.80. The zero-order valence-corrected chi connectivity index (χ0v) is 13.0. The number of hydrogen-bond donors (Lipinski definition) is 2. The minimum atomic E-state index is -1.29. The van der Waals surface area contributed by atoms with E-state index in [2.05, 4.69) is 10.6 Å². The molecule has 23 heavy (non-hydrogen) atoms. The number of carbonyl (C=O) groups is 2. The number of carboxylic acid groups (broad SMARTS) is 1. The largest absolute Gasteiger partial charge is 0.545 e. The van der Waals surface area contributed by atoms with Crippen LogP contribution >= 0.6 is 12.2 Å². The molecular formula is C16H13N2O4S-. The molecule has 0 spiro atoms. The standard InChI is InChI=1S/C16H14N2O4S/c1-22-13-7-3-4-10(9-13)14(19)18-16(23)17-12-6-2-5-11(8-12)15(20)21/h2-9H,1H3,(H,20,21)(H2,17,18,19,23)/p-1. The van der Waals surface area contributed by atoms with Crippen LogP contribution in [0, 0.1) is 0 Å². The number of amides is 1. The monoisotopic (exact) mass is 329 g/mol. The maximum Gasteiger partial charge on any atom is 0.257 e. The van der Waals surface area contributed by atoms with Crippen LogP contribution < -0.4 is 20.5 Å². The third kappa shape index (κ3) is 4.52. The highest BCUT2D eigenvalue weighted by Crippen LogP contribution is 2.13. The van der Waals surface area contributed by atoms with Crippen LogP contribution in [0.25, 0.3) is 0 Å². The predicted molar refractivity (Wildman–Crippen MR) is 87.5 cm³/mol. The number of anilines is 1. The fourth-order valence-electron chi connectivity index (χ4n) is 1.83. The number of aromatic carboxylic acids is 1. The number of carboxylic acids is 1. The van der Waals surface area contributed by atoms with Crippen molar-refractivity contribution in [3.8, 4) is 5.75 Å². The fraction of sp³-hybridized carbons (Fsp3) is 0.0625. The van der Waals surface area contributed by atoms with E-state index in [0.29, 0.717) is 17.0 Å². The molecule has 0 fully saturated rings. The Balaban J connectivity index is 2.02. The first-order valence-electron chi connectivity index (χ1n) is 6.57. The number of ether oxygens (including phenoxy) is 1. The second-order valence-electron chi connectivity index (χ2n) is 4.51. The van der Waals surface area contributed by atoms with Gasteiger partial charge in [-0.1, -0.05) is 18.2 Å². The molecule has 2 aromatic carbocycles. The number of methoxy groups -OCH3 is 1. The zero-order valence-electron chi connectivity index (χ0n) is 12.2. The van der Waals surface area contributed by atoms with Gasteiger partial charge in [-0.3, -0.25) is 10.1 Å². The van der Waals surface area contributed by atoms with Crippen molar-refractivity contribution < 1.29 is 19.4 Å². The van der Waals surface area contributed by atoms with Gasteiger partial charge in [0.15, 0.2) is 5.11 Å². The van der Waals surface area contributed by atoms with Crippen LogP contribution in [-0.4, -0.2) is 24.1 Å². The predicted octanol–water partition coefficient (Wildman–Crippen LogP) is 1.19. The number of benzene rings is 2. The molecule has 118 valence electrons. The molecule has 0 aliphatic heterocycles. The van der Waals surface area contributed by atoms with Crippen LogP contribution in [0.1, 0.15) is 20.7 Å². The molecule has 0 aliphatic rings. The number of nitrogens with one attached hydrogen (secondary N) is 2. The Labute approximate surface area is 138 Å². The van der Waals surface area contributed by atoms with Crippen LogP contribution in [0.4, 0.5) is 5.69 Å². The Morgan fingerprint density at radius 2 is 1.78 bits per heavy atom. The van der Waals surface area contributed by atoms with E-state index in [1.807, 2.05) is 0 Å². The summed E-state index contributed by atoms with van der Waals surface area (Å²) in [6.45, 7) is 0. The molecule has 2 N–H and O–H groups in total. The average Bonchev–Trinajstić information content (AvgIpc) is 2.55. The molecule has 6 nitrogen and oxygen atoms in total. The van der Waals surface area contributed by atoms with Gasteiger partial charge in [0, 0.05) is 11.3 Å². The van der Waals surface area contributed by atoms with Crippen molar-refractivity contribution in [2.75, 3.05) is 12.4 Å². The summed E-state index contributed by atoms with van der Waals surface area (Å²) >= 11 is 5.05. The Morgan fingerprint density at radius 3 is 2.48 bits per heavy atom. The van der Waals surface area contributed by atoms with E-state index >= 15 is 0 Å². The fourth-order valence-corrected chi connectivity index (χ4v) is 2.04. The van der Waals surface area contributed by atoms with E-state index < -0.39 is 11.9 Å². The van der Waals surface area contributed by atoms with E-state index in [4.69, 9.17) is 17.0 Å². The molecular weight excluding hydrogens is 316 g/mol. The second kappa shape index (κ2) is 7.37. The van der Waals surface area contributed by atoms with Gasteiger partial charge >= 0.3 is 0 Å². The minimum absolute atomic E-state index is 0.0110. The van der Waals surface area contributed by atoms with Crippen molar-refractivity contribution >= 4 is 34.9 Å². The van der Waals surface area contributed by atoms with Gasteiger partial charge in [-0.25, -0.2) is 0 Å². The quantitative estimate of drug-likeness (QED) is 0.819. The van der Waals surface area contributed by atoms with E-state index in [1.165, 1.54) is 19.2 Å². The van der Waals surface area contributed by atoms with Crippen molar-refractivity contribution in [1.29, 1.82) is 0 Å². The van der Waals surface area contributed by atoms with E-state index in [-0.39, 0.29) is 10.7 Å². The molecule has 0 atom stereocenters. The minimum Gasteiger partial charge on any atom is -0.545 e. The van der Waals surface area contributed by atoms with Gasteiger partial charge in [-0.15, -0.1) is 0 Å². The normalized spacial score (nSPS) is 9.78. The number of hydrogen-bond acceptors (Lipinski definition) is 5. The van der Waals surface area contributed by atoms with Crippen LogP contribution in [0.15, 0.2) is 48.5 Å². The number of rotatable bonds is 4. The summed E-state index contributed by atoms with van der Waals surface area (Å²) in [6, 6.07) is 12.5. The molecule has 0 heterocycles. The van der Waals surface area contributed by atoms with Gasteiger partial charge in [0.2, 0.25) is 0 Å². The summed E-state index contributed by atoms with van der Waals surface area (Å²) in [6.07, 6.45) is 0. The summed E-state index contributed by atoms with van der Waals surface area (Å²) in [7, 11) is 1.51. The Bertz CT molecular complexity index is 761. The highest BCUT2D eigenvalue weighted by atomic mass is 32.1. The average molecular weight is 329 g/mol. The van der Waals surface area contributed by atoms with E-state index in [9.17, 15) is 14.7 Å². The summed E-state index contributed by atoms with van der Waals surface area (Å²) < 4.78 is 5.05. The van der Waals surface area contributed by atoms with Crippen molar-refractivity contribution in [3.63, 3.8) is 0 Å². The van der Waals surface area contributed by atoms with E-state index in [0.717, 1.165) is 0 Å². The molecule has 0 bridgehead atoms. The van der Waals surface area contributed by atoms with Crippen molar-refractivity contribution in [1.82, 2.24) is 5.32 Å². The summed E-state index contributed by atoms with van der Waals surface area (Å²) in [5.41, 5.74) is 0.830. The van der Waals surface area contributed by atoms with Gasteiger partial charge < -0.3 is 20.0 Å². The Kier molecular flexibility index (Phi) is 5.27. The lowest BCUT2D eigenvalue weighted by Crippen LogP contribution is -2.34. The summed E-state index contributed by atoms with van der Waals surface area (Å²) in [5, 5.41) is 16.1. The molecule has 0 aromatic heterocycles. The molecule has 0 saturated carbocycles. The summed E-state index contributed by atoms with van der Waals surface area (Å²) in [4.78, 5) is 22.9. The maximum atomic E-state index is 12.1. The first-order valence-corrected chi connectivity index (χ1v) is 6.98. The van der Waals surface area contributed by atoms with Crippen molar-refractivity contribution in [3.05, 3.63) is 59.7 Å². The second-order valence-corrected chi connectivity index (χ2v) is 4.92. The molecule has 0 radical (unpaired) electrons. The molecule has 0 aliphatic carbocycles. The lowest BCUT2D eigenvalue weighted by atomic mass is 10.2. The van der Waals surface area contributed by atoms with Crippen LogP contribution in [0.2, 0.25) is 0 Å². The molecule has 1 amide bonds. The smallest absolute Gasteiger partial charge is 0.257 e. The van der Waals surface area contributed by atoms with Crippen molar-refractivity contribution in [2.45, 2.75) is 0 Å². The first kappa shape index (κ1) is 16.4. The first-order chi connectivity index (χ1) is 11.0. The Morgan fingerprint density at radius 1 is 1.09 bits per heavy atom. The number of thiocarbonyl (C=S) groups is 1. The number of carbonyl (C=O) groups excluding carboxylic acids is 2. The van der Waals surface area contributed by atoms with Gasteiger partial charge in [0.25, 0.3) is 5.91 Å². The highest BCUT2D eigenvalue weighted by Gasteiger charge is 2.09. The lowest BCUT2D eigenvalue weighted by Gasteiger charge is -2.11. The molecule has 0 saturated heterocycles. The third-order valence-corrected chi connectivity index (χ3v) is 3.12. The van der Waals surface area contributed by atoms with Crippen LogP contribution in [0.5, 0.6) is 5.75 Å². The van der Waals surface area contributed by atoms with Gasteiger partial charge in [-0.2, -0.15) is 0 Å².